The van der Waals surface area contributed by atoms with Gasteiger partial charge in [0.1, 0.15) is 0 Å². The molecule has 0 spiro atoms. The van der Waals surface area contributed by atoms with Gasteiger partial charge in [-0.15, -0.1) is 0 Å². The first-order valence-corrected chi connectivity index (χ1v) is 4.14. The van der Waals surface area contributed by atoms with Gasteiger partial charge in [-0.1, -0.05) is 11.6 Å². The molecule has 14 heavy (non-hydrogen) atoms. The molecule has 0 fully saturated rings. The van der Waals surface area contributed by atoms with Crippen LogP contribution in [0.4, 0.5) is 13.2 Å². The van der Waals surface area contributed by atoms with Crippen molar-refractivity contribution in [2.75, 3.05) is 0 Å². The largest absolute Gasteiger partial charge is 0.417 e. The summed E-state index contributed by atoms with van der Waals surface area (Å²) in [4.78, 5) is 10.6. The fraction of sp³-hybridized carbons (Fsp3) is 0.125. The van der Waals surface area contributed by atoms with Gasteiger partial charge in [-0.05, 0) is 29.8 Å². The van der Waals surface area contributed by atoms with Crippen LogP contribution in [0.15, 0.2) is 18.2 Å². The lowest BCUT2D eigenvalue weighted by Gasteiger charge is -2.08. The summed E-state index contributed by atoms with van der Waals surface area (Å²) in [5, 5.41) is -1.38. The molecular weight excluding hydrogens is 240 g/mol. The van der Waals surface area contributed by atoms with Crippen molar-refractivity contribution in [1.82, 2.24) is 0 Å². The van der Waals surface area contributed by atoms with E-state index in [1.807, 2.05) is 0 Å². The Hall–Kier alpha value is -0.740. The normalized spacial score (nSPS) is 11.5. The van der Waals surface area contributed by atoms with Crippen LogP contribution in [0.2, 0.25) is 5.02 Å². The van der Waals surface area contributed by atoms with Gasteiger partial charge in [-0.3, -0.25) is 4.79 Å². The van der Waals surface area contributed by atoms with Crippen LogP contribution >= 0.6 is 23.2 Å². The molecule has 0 heterocycles. The van der Waals surface area contributed by atoms with Crippen molar-refractivity contribution in [1.29, 1.82) is 0 Å². The molecule has 0 radical (unpaired) electrons. The van der Waals surface area contributed by atoms with Crippen LogP contribution in [0.5, 0.6) is 0 Å². The second-order valence-electron chi connectivity index (χ2n) is 2.47. The number of rotatable bonds is 1. The highest BCUT2D eigenvalue weighted by Gasteiger charge is 2.33. The first kappa shape index (κ1) is 11.3. The number of carbonyl (C=O) groups is 1. The van der Waals surface area contributed by atoms with E-state index in [0.29, 0.717) is 0 Å². The molecule has 0 aliphatic carbocycles. The molecule has 0 aliphatic rings. The maximum atomic E-state index is 12.2. The van der Waals surface area contributed by atoms with E-state index in [9.17, 15) is 18.0 Å². The molecule has 1 aromatic carbocycles. The zero-order valence-corrected chi connectivity index (χ0v) is 8.04. The zero-order chi connectivity index (χ0) is 10.9. The standard InChI is InChI=1S/C8H3Cl2F3O/c9-6-3-4(7(10)14)1-2-5(6)8(11,12)13/h1-3H. The van der Waals surface area contributed by atoms with Crippen LogP contribution in [0.3, 0.4) is 0 Å². The van der Waals surface area contributed by atoms with E-state index in [0.717, 1.165) is 18.2 Å². The lowest BCUT2D eigenvalue weighted by molar-refractivity contribution is -0.137. The first-order valence-electron chi connectivity index (χ1n) is 3.39. The van der Waals surface area contributed by atoms with Gasteiger partial charge in [-0.25, -0.2) is 0 Å². The van der Waals surface area contributed by atoms with E-state index in [1.54, 1.807) is 0 Å². The highest BCUT2D eigenvalue weighted by molar-refractivity contribution is 6.67. The van der Waals surface area contributed by atoms with Crippen molar-refractivity contribution in [3.8, 4) is 0 Å². The number of benzene rings is 1. The summed E-state index contributed by atoms with van der Waals surface area (Å²) in [6, 6.07) is 2.59. The molecule has 0 saturated heterocycles. The average molecular weight is 243 g/mol. The van der Waals surface area contributed by atoms with Crippen molar-refractivity contribution < 1.29 is 18.0 Å². The van der Waals surface area contributed by atoms with Crippen LogP contribution < -0.4 is 0 Å². The molecule has 1 rings (SSSR count). The molecular formula is C8H3Cl2F3O. The molecule has 0 aromatic heterocycles. The van der Waals surface area contributed by atoms with Crippen LogP contribution in [-0.2, 0) is 6.18 Å². The van der Waals surface area contributed by atoms with E-state index in [1.165, 1.54) is 0 Å². The monoisotopic (exact) mass is 242 g/mol. The fourth-order valence-corrected chi connectivity index (χ4v) is 1.27. The van der Waals surface area contributed by atoms with Crippen LogP contribution in [0.1, 0.15) is 15.9 Å². The van der Waals surface area contributed by atoms with E-state index < -0.39 is 22.0 Å². The van der Waals surface area contributed by atoms with Crippen molar-refractivity contribution >= 4 is 28.4 Å². The summed E-state index contributed by atoms with van der Waals surface area (Å²) in [5.74, 6) is 0. The number of hydrogen-bond donors (Lipinski definition) is 0. The van der Waals surface area contributed by atoms with Crippen LogP contribution in [0.25, 0.3) is 0 Å². The molecule has 6 heteroatoms. The average Bonchev–Trinajstić information content (AvgIpc) is 2.01. The summed E-state index contributed by atoms with van der Waals surface area (Å²) >= 11 is 10.4. The maximum Gasteiger partial charge on any atom is 0.417 e. The van der Waals surface area contributed by atoms with E-state index in [2.05, 4.69) is 0 Å². The molecule has 0 N–H and O–H groups in total. The van der Waals surface area contributed by atoms with Gasteiger partial charge in [0, 0.05) is 5.56 Å². The van der Waals surface area contributed by atoms with Crippen molar-refractivity contribution in [2.45, 2.75) is 6.18 Å². The van der Waals surface area contributed by atoms with Crippen molar-refractivity contribution in [3.63, 3.8) is 0 Å². The molecule has 0 aliphatic heterocycles. The number of carbonyl (C=O) groups excluding carboxylic acids is 1. The van der Waals surface area contributed by atoms with Crippen molar-refractivity contribution in [2.24, 2.45) is 0 Å². The summed E-state index contributed by atoms with van der Waals surface area (Å²) in [5.41, 5.74) is -1.05. The van der Waals surface area contributed by atoms with E-state index in [-0.39, 0.29) is 5.56 Å². The van der Waals surface area contributed by atoms with Gasteiger partial charge in [0.25, 0.3) is 5.24 Å². The highest BCUT2D eigenvalue weighted by Crippen LogP contribution is 2.35. The number of hydrogen-bond acceptors (Lipinski definition) is 1. The Balaban J connectivity index is 3.21. The van der Waals surface area contributed by atoms with Gasteiger partial charge >= 0.3 is 6.18 Å². The predicted octanol–water partition coefficient (Wildman–Crippen LogP) is 3.74. The molecule has 0 saturated carbocycles. The summed E-state index contributed by atoms with van der Waals surface area (Å²) in [6.45, 7) is 0. The molecule has 0 atom stereocenters. The second kappa shape index (κ2) is 3.79. The third kappa shape index (κ3) is 2.39. The van der Waals surface area contributed by atoms with Crippen LogP contribution in [-0.4, -0.2) is 5.24 Å². The third-order valence-corrected chi connectivity index (χ3v) is 2.03. The minimum Gasteiger partial charge on any atom is -0.276 e. The Bertz CT molecular complexity index is 373. The van der Waals surface area contributed by atoms with E-state index in [4.69, 9.17) is 23.2 Å². The maximum absolute atomic E-state index is 12.2. The molecule has 0 bridgehead atoms. The molecule has 0 unspecified atom stereocenters. The zero-order valence-electron chi connectivity index (χ0n) is 6.53. The molecule has 76 valence electrons. The molecule has 1 aromatic rings. The fourth-order valence-electron chi connectivity index (χ4n) is 0.867. The summed E-state index contributed by atoms with van der Waals surface area (Å²) in [6.07, 6.45) is -4.52. The summed E-state index contributed by atoms with van der Waals surface area (Å²) < 4.78 is 36.5. The first-order chi connectivity index (χ1) is 6.32. The number of alkyl halides is 3. The highest BCUT2D eigenvalue weighted by atomic mass is 35.5. The second-order valence-corrected chi connectivity index (χ2v) is 3.22. The minimum atomic E-state index is -4.52. The summed E-state index contributed by atoms with van der Waals surface area (Å²) in [7, 11) is 0. The Morgan fingerprint density at radius 3 is 2.21 bits per heavy atom. The topological polar surface area (TPSA) is 17.1 Å². The van der Waals surface area contributed by atoms with Crippen molar-refractivity contribution in [3.05, 3.63) is 34.3 Å². The minimum absolute atomic E-state index is 0.0651. The van der Waals surface area contributed by atoms with Gasteiger partial charge in [0.05, 0.1) is 10.6 Å². The van der Waals surface area contributed by atoms with Gasteiger partial charge in [-0.2, -0.15) is 13.2 Å². The Kier molecular flexibility index (Phi) is 3.07. The Morgan fingerprint density at radius 2 is 1.86 bits per heavy atom. The lowest BCUT2D eigenvalue weighted by Crippen LogP contribution is -2.06. The Labute approximate surface area is 87.4 Å². The number of halogens is 5. The molecule has 1 nitrogen and oxygen atoms in total. The SMILES string of the molecule is O=C(Cl)c1ccc(C(F)(F)F)c(Cl)c1. The lowest BCUT2D eigenvalue weighted by atomic mass is 10.1. The Morgan fingerprint density at radius 1 is 1.29 bits per heavy atom. The van der Waals surface area contributed by atoms with E-state index >= 15 is 0 Å². The van der Waals surface area contributed by atoms with Gasteiger partial charge in [0.15, 0.2) is 0 Å². The predicted molar refractivity (Wildman–Crippen MR) is 46.6 cm³/mol. The van der Waals surface area contributed by atoms with Crippen LogP contribution in [0, 0.1) is 0 Å². The third-order valence-electron chi connectivity index (χ3n) is 1.50. The van der Waals surface area contributed by atoms with Gasteiger partial charge < -0.3 is 0 Å². The molecule has 0 amide bonds. The van der Waals surface area contributed by atoms with Gasteiger partial charge in [0.2, 0.25) is 0 Å². The smallest absolute Gasteiger partial charge is 0.276 e. The quantitative estimate of drug-likeness (QED) is 0.686.